The molecule has 0 heterocycles. The van der Waals surface area contributed by atoms with Crippen LogP contribution in [0.4, 0.5) is 4.39 Å². The van der Waals surface area contributed by atoms with E-state index in [0.29, 0.717) is 6.54 Å². The van der Waals surface area contributed by atoms with Gasteiger partial charge in [-0.15, -0.1) is 0 Å². The highest BCUT2D eigenvalue weighted by molar-refractivity contribution is 5.26. The molecule has 2 N–H and O–H groups in total. The standard InChI is InChI=1S/C18H23FN2/c1-13-6-4-8-16(10-13)18(14(2)20)21(3)12-15-7-5-9-17(19)11-15/h4-11,14,18H,12,20H2,1-3H3. The first kappa shape index (κ1) is 15.7. The molecule has 2 nitrogen and oxygen atoms in total. The van der Waals surface area contributed by atoms with Gasteiger partial charge in [-0.2, -0.15) is 0 Å². The number of likely N-dealkylation sites (N-methyl/N-ethyl adjacent to an activating group) is 1. The zero-order valence-electron chi connectivity index (χ0n) is 12.9. The van der Waals surface area contributed by atoms with Gasteiger partial charge >= 0.3 is 0 Å². The fourth-order valence-corrected chi connectivity index (χ4v) is 2.84. The molecule has 0 amide bonds. The van der Waals surface area contributed by atoms with E-state index in [1.54, 1.807) is 12.1 Å². The summed E-state index contributed by atoms with van der Waals surface area (Å²) in [5.74, 6) is -0.200. The molecule has 2 atom stereocenters. The number of hydrogen-bond acceptors (Lipinski definition) is 2. The lowest BCUT2D eigenvalue weighted by Crippen LogP contribution is -2.37. The molecule has 0 aliphatic carbocycles. The molecule has 0 aliphatic rings. The number of hydrogen-bond donors (Lipinski definition) is 1. The molecule has 2 rings (SSSR count). The number of rotatable bonds is 5. The van der Waals surface area contributed by atoms with Crippen molar-refractivity contribution in [2.45, 2.75) is 32.5 Å². The fourth-order valence-electron chi connectivity index (χ4n) is 2.84. The van der Waals surface area contributed by atoms with E-state index in [4.69, 9.17) is 5.73 Å². The minimum Gasteiger partial charge on any atom is -0.326 e. The first-order valence-corrected chi connectivity index (χ1v) is 7.24. The molecule has 2 unspecified atom stereocenters. The van der Waals surface area contributed by atoms with Gasteiger partial charge in [0.15, 0.2) is 0 Å². The number of halogens is 1. The Balaban J connectivity index is 2.22. The summed E-state index contributed by atoms with van der Waals surface area (Å²) < 4.78 is 13.3. The summed E-state index contributed by atoms with van der Waals surface area (Å²) in [7, 11) is 2.03. The predicted octanol–water partition coefficient (Wildman–Crippen LogP) is 3.65. The van der Waals surface area contributed by atoms with Gasteiger partial charge in [-0.3, -0.25) is 4.90 Å². The van der Waals surface area contributed by atoms with Gasteiger partial charge in [0.25, 0.3) is 0 Å². The van der Waals surface area contributed by atoms with Crippen molar-refractivity contribution >= 4 is 0 Å². The van der Waals surface area contributed by atoms with E-state index in [9.17, 15) is 4.39 Å². The third-order valence-electron chi connectivity index (χ3n) is 3.68. The van der Waals surface area contributed by atoms with E-state index in [0.717, 1.165) is 5.56 Å². The summed E-state index contributed by atoms with van der Waals surface area (Å²) in [6, 6.07) is 15.2. The second-order valence-corrected chi connectivity index (χ2v) is 5.76. The number of aryl methyl sites for hydroxylation is 1. The lowest BCUT2D eigenvalue weighted by molar-refractivity contribution is 0.210. The maximum atomic E-state index is 13.3. The molecule has 0 aromatic heterocycles. The summed E-state index contributed by atoms with van der Waals surface area (Å²) in [5.41, 5.74) is 9.56. The van der Waals surface area contributed by atoms with Crippen molar-refractivity contribution in [2.75, 3.05) is 7.05 Å². The van der Waals surface area contributed by atoms with Crippen LogP contribution in [-0.4, -0.2) is 18.0 Å². The number of benzene rings is 2. The van der Waals surface area contributed by atoms with Crippen LogP contribution in [0.2, 0.25) is 0 Å². The average molecular weight is 286 g/mol. The van der Waals surface area contributed by atoms with Crippen molar-refractivity contribution in [3.63, 3.8) is 0 Å². The van der Waals surface area contributed by atoms with E-state index < -0.39 is 0 Å². The first-order chi connectivity index (χ1) is 9.97. The largest absolute Gasteiger partial charge is 0.326 e. The molecule has 3 heteroatoms. The predicted molar refractivity (Wildman–Crippen MR) is 85.4 cm³/mol. The van der Waals surface area contributed by atoms with Crippen LogP contribution in [0, 0.1) is 12.7 Å². The second kappa shape index (κ2) is 6.83. The summed E-state index contributed by atoms with van der Waals surface area (Å²) in [5, 5.41) is 0. The van der Waals surface area contributed by atoms with Gasteiger partial charge in [0.1, 0.15) is 5.82 Å². The highest BCUT2D eigenvalue weighted by atomic mass is 19.1. The first-order valence-electron chi connectivity index (χ1n) is 7.24. The van der Waals surface area contributed by atoms with Gasteiger partial charge in [-0.25, -0.2) is 4.39 Å². The molecule has 2 aromatic rings. The minimum atomic E-state index is -0.200. The van der Waals surface area contributed by atoms with Crippen LogP contribution in [0.1, 0.15) is 29.7 Å². The van der Waals surface area contributed by atoms with Crippen LogP contribution in [0.15, 0.2) is 48.5 Å². The molecule has 2 aromatic carbocycles. The maximum absolute atomic E-state index is 13.3. The maximum Gasteiger partial charge on any atom is 0.123 e. The molecule has 0 bridgehead atoms. The Hall–Kier alpha value is -1.71. The zero-order chi connectivity index (χ0) is 15.4. The van der Waals surface area contributed by atoms with E-state index in [-0.39, 0.29) is 17.9 Å². The van der Waals surface area contributed by atoms with Crippen LogP contribution in [0.5, 0.6) is 0 Å². The molecule has 0 saturated heterocycles. The molecule has 21 heavy (non-hydrogen) atoms. The Morgan fingerprint density at radius 3 is 2.48 bits per heavy atom. The van der Waals surface area contributed by atoms with Crippen molar-refractivity contribution in [3.8, 4) is 0 Å². The van der Waals surface area contributed by atoms with Crippen LogP contribution >= 0.6 is 0 Å². The normalized spacial score (nSPS) is 14.2. The van der Waals surface area contributed by atoms with Gasteiger partial charge < -0.3 is 5.73 Å². The van der Waals surface area contributed by atoms with E-state index in [1.807, 2.05) is 20.0 Å². The third-order valence-corrected chi connectivity index (χ3v) is 3.68. The smallest absolute Gasteiger partial charge is 0.123 e. The summed E-state index contributed by atoms with van der Waals surface area (Å²) >= 11 is 0. The van der Waals surface area contributed by atoms with E-state index >= 15 is 0 Å². The minimum absolute atomic E-state index is 0.00893. The van der Waals surface area contributed by atoms with Gasteiger partial charge in [-0.1, -0.05) is 42.0 Å². The van der Waals surface area contributed by atoms with Crippen LogP contribution in [0.25, 0.3) is 0 Å². The van der Waals surface area contributed by atoms with E-state index in [1.165, 1.54) is 17.2 Å². The Morgan fingerprint density at radius 2 is 1.86 bits per heavy atom. The molecule has 0 aliphatic heterocycles. The molecular formula is C18H23FN2. The van der Waals surface area contributed by atoms with Crippen molar-refractivity contribution < 1.29 is 4.39 Å². The summed E-state index contributed by atoms with van der Waals surface area (Å²) in [6.07, 6.45) is 0. The Kier molecular flexibility index (Phi) is 5.10. The Labute approximate surface area is 126 Å². The third kappa shape index (κ3) is 4.13. The molecule has 0 spiro atoms. The molecule has 0 fully saturated rings. The molecule has 0 radical (unpaired) electrons. The Morgan fingerprint density at radius 1 is 1.14 bits per heavy atom. The lowest BCUT2D eigenvalue weighted by Gasteiger charge is -2.31. The van der Waals surface area contributed by atoms with Gasteiger partial charge in [-0.05, 0) is 44.2 Å². The Bertz CT molecular complexity index is 595. The number of nitrogens with zero attached hydrogens (tertiary/aromatic N) is 1. The molecule has 112 valence electrons. The van der Waals surface area contributed by atoms with Crippen molar-refractivity contribution in [3.05, 3.63) is 71.0 Å². The second-order valence-electron chi connectivity index (χ2n) is 5.76. The summed E-state index contributed by atoms with van der Waals surface area (Å²) in [4.78, 5) is 2.17. The van der Waals surface area contributed by atoms with Crippen molar-refractivity contribution in [1.29, 1.82) is 0 Å². The summed E-state index contributed by atoms with van der Waals surface area (Å²) in [6.45, 7) is 4.75. The monoisotopic (exact) mass is 286 g/mol. The molecule has 0 saturated carbocycles. The van der Waals surface area contributed by atoms with E-state index in [2.05, 4.69) is 36.1 Å². The van der Waals surface area contributed by atoms with Crippen molar-refractivity contribution in [1.82, 2.24) is 4.90 Å². The highest BCUT2D eigenvalue weighted by Gasteiger charge is 2.21. The molecular weight excluding hydrogens is 263 g/mol. The van der Waals surface area contributed by atoms with Gasteiger partial charge in [0.2, 0.25) is 0 Å². The van der Waals surface area contributed by atoms with Crippen LogP contribution < -0.4 is 5.73 Å². The van der Waals surface area contributed by atoms with Crippen LogP contribution in [0.3, 0.4) is 0 Å². The average Bonchev–Trinajstić information content (AvgIpc) is 2.38. The van der Waals surface area contributed by atoms with Gasteiger partial charge in [0.05, 0.1) is 0 Å². The fraction of sp³-hybridized carbons (Fsp3) is 0.333. The topological polar surface area (TPSA) is 29.3 Å². The quantitative estimate of drug-likeness (QED) is 0.909. The van der Waals surface area contributed by atoms with Gasteiger partial charge in [0, 0.05) is 18.6 Å². The highest BCUT2D eigenvalue weighted by Crippen LogP contribution is 2.24. The van der Waals surface area contributed by atoms with Crippen LogP contribution in [-0.2, 0) is 6.54 Å². The lowest BCUT2D eigenvalue weighted by atomic mass is 9.97. The zero-order valence-corrected chi connectivity index (χ0v) is 12.9. The number of nitrogens with two attached hydrogens (primary N) is 1. The SMILES string of the molecule is Cc1cccc(C(C(C)N)N(C)Cc2cccc(F)c2)c1. The van der Waals surface area contributed by atoms with Crippen molar-refractivity contribution in [2.24, 2.45) is 5.73 Å².